The average molecular weight is 629 g/mol. The monoisotopic (exact) mass is 628 g/mol. The maximum atomic E-state index is 14.4. The van der Waals surface area contributed by atoms with Crippen molar-refractivity contribution < 1.29 is 54.3 Å². The number of aliphatic hydroxyl groups is 3. The summed E-state index contributed by atoms with van der Waals surface area (Å²) in [5, 5.41) is 30.5. The van der Waals surface area contributed by atoms with Crippen LogP contribution in [0.5, 0.6) is 0 Å². The Labute approximate surface area is 258 Å². The van der Waals surface area contributed by atoms with E-state index in [1.807, 2.05) is 18.9 Å². The lowest BCUT2D eigenvalue weighted by Gasteiger charge is -2.49. The topological polar surface area (TPSA) is 60.7 Å². The number of aliphatic hydroxyl groups excluding tert-OH is 1. The molecule has 3 nitrogen and oxygen atoms in total. The summed E-state index contributed by atoms with van der Waals surface area (Å²) in [6.45, 7) is 0.717. The maximum absolute atomic E-state index is 14.4. The van der Waals surface area contributed by atoms with Crippen LogP contribution in [0, 0.1) is 34.5 Å². The maximum Gasteiger partial charge on any atom is 0.438 e. The van der Waals surface area contributed by atoms with Crippen LogP contribution in [0.2, 0.25) is 0 Å². The Morgan fingerprint density at radius 3 is 2.33 bits per heavy atom. The predicted molar refractivity (Wildman–Crippen MR) is 151 cm³/mol. The van der Waals surface area contributed by atoms with Gasteiger partial charge in [0.15, 0.2) is 0 Å². The summed E-state index contributed by atoms with van der Waals surface area (Å²) >= 11 is 0. The van der Waals surface area contributed by atoms with Crippen molar-refractivity contribution in [2.24, 2.45) is 22.7 Å². The molecule has 3 aliphatic rings. The van der Waals surface area contributed by atoms with Gasteiger partial charge in [-0.3, -0.25) is 0 Å². The Balaban J connectivity index is 2.03. The summed E-state index contributed by atoms with van der Waals surface area (Å²) in [5.41, 5.74) is -8.34. The van der Waals surface area contributed by atoms with Crippen molar-refractivity contribution in [3.8, 4) is 11.8 Å². The highest BCUT2D eigenvalue weighted by Crippen LogP contribution is 2.63. The van der Waals surface area contributed by atoms with Crippen LogP contribution in [0.3, 0.4) is 0 Å². The Bertz CT molecular complexity index is 1330. The van der Waals surface area contributed by atoms with Gasteiger partial charge in [0.1, 0.15) is 6.17 Å². The standard InChI is InChI=1S/C33H45F7O3/c1-21-23(19-24(41)20-26(21)34)11-10-22-9-6-17-30(5)25(22)12-13-27(30)29(4,15-7-14-28(2,3)42)16-8-18-31(43,32(35,36)37)33(38,39)40/h10-11,24-27,41-43H,1,6-7,9,12-17,19-20H2,2-5H3/b22-10+,23-11-/t24-,25?,26+,27-,29+,30+/m1/s1/i2D3,3D3. The molecule has 6 atom stereocenters. The molecule has 0 aromatic heterocycles. The van der Waals surface area contributed by atoms with Gasteiger partial charge in [-0.25, -0.2) is 4.39 Å². The molecule has 3 aliphatic carbocycles. The average Bonchev–Trinajstić information content (AvgIpc) is 3.29. The van der Waals surface area contributed by atoms with E-state index in [2.05, 4.69) is 6.58 Å². The summed E-state index contributed by atoms with van der Waals surface area (Å²) in [7, 11) is 0. The third-order valence-electron chi connectivity index (χ3n) is 9.90. The van der Waals surface area contributed by atoms with Crippen LogP contribution in [-0.2, 0) is 0 Å². The van der Waals surface area contributed by atoms with Gasteiger partial charge >= 0.3 is 18.0 Å². The molecule has 0 spiro atoms. The van der Waals surface area contributed by atoms with Crippen molar-refractivity contribution in [2.45, 2.75) is 134 Å². The summed E-state index contributed by atoms with van der Waals surface area (Å²) in [5.74, 6) is 2.47. The van der Waals surface area contributed by atoms with Crippen molar-refractivity contribution in [1.29, 1.82) is 0 Å². The number of fused-ring (bicyclic) bond motifs is 1. The van der Waals surface area contributed by atoms with E-state index in [9.17, 15) is 46.1 Å². The van der Waals surface area contributed by atoms with Crippen LogP contribution < -0.4 is 0 Å². The zero-order chi connectivity index (χ0) is 37.6. The number of halogens is 7. The van der Waals surface area contributed by atoms with Gasteiger partial charge in [-0.2, -0.15) is 26.3 Å². The highest BCUT2D eigenvalue weighted by molar-refractivity contribution is 5.39. The summed E-state index contributed by atoms with van der Waals surface area (Å²) in [4.78, 5) is 0. The highest BCUT2D eigenvalue weighted by atomic mass is 19.4. The zero-order valence-corrected chi connectivity index (χ0v) is 24.4. The lowest BCUT2D eigenvalue weighted by atomic mass is 9.55. The fourth-order valence-corrected chi connectivity index (χ4v) is 7.63. The van der Waals surface area contributed by atoms with Gasteiger partial charge in [0.05, 0.1) is 11.7 Å². The summed E-state index contributed by atoms with van der Waals surface area (Å²) in [6.07, 6.45) is -9.45. The van der Waals surface area contributed by atoms with Crippen molar-refractivity contribution in [2.75, 3.05) is 0 Å². The Hall–Kier alpha value is -1.83. The molecule has 3 N–H and O–H groups in total. The molecule has 0 heterocycles. The minimum Gasteiger partial charge on any atom is -0.393 e. The Morgan fingerprint density at radius 1 is 1.07 bits per heavy atom. The van der Waals surface area contributed by atoms with E-state index in [0.717, 1.165) is 11.5 Å². The molecule has 3 fully saturated rings. The van der Waals surface area contributed by atoms with Crippen LogP contribution in [0.15, 0.2) is 35.5 Å². The first-order chi connectivity index (χ1) is 22.0. The van der Waals surface area contributed by atoms with Gasteiger partial charge in [-0.1, -0.05) is 50.5 Å². The smallest absolute Gasteiger partial charge is 0.393 e. The molecule has 0 bridgehead atoms. The fourth-order valence-electron chi connectivity index (χ4n) is 7.63. The molecule has 43 heavy (non-hydrogen) atoms. The second-order valence-corrected chi connectivity index (χ2v) is 13.1. The van der Waals surface area contributed by atoms with Gasteiger partial charge in [-0.05, 0) is 105 Å². The predicted octanol–water partition coefficient (Wildman–Crippen LogP) is 8.30. The molecular formula is C33H45F7O3. The zero-order valence-electron chi connectivity index (χ0n) is 30.4. The molecule has 0 aliphatic heterocycles. The van der Waals surface area contributed by atoms with E-state index in [0.29, 0.717) is 37.7 Å². The Kier molecular flexibility index (Phi) is 8.00. The lowest BCUT2D eigenvalue weighted by molar-refractivity contribution is -0.343. The second-order valence-electron chi connectivity index (χ2n) is 13.1. The van der Waals surface area contributed by atoms with Crippen molar-refractivity contribution in [3.63, 3.8) is 0 Å². The van der Waals surface area contributed by atoms with E-state index >= 15 is 0 Å². The minimum absolute atomic E-state index is 0.0456. The molecular weight excluding hydrogens is 577 g/mol. The molecule has 244 valence electrons. The van der Waals surface area contributed by atoms with Gasteiger partial charge in [-0.15, -0.1) is 0 Å². The minimum atomic E-state index is -6.16. The molecule has 0 aromatic rings. The van der Waals surface area contributed by atoms with Crippen LogP contribution >= 0.6 is 0 Å². The number of hydrogen-bond donors (Lipinski definition) is 3. The van der Waals surface area contributed by atoms with Gasteiger partial charge in [0, 0.05) is 21.1 Å². The molecule has 3 rings (SSSR count). The third kappa shape index (κ3) is 7.70. The second kappa shape index (κ2) is 12.5. The van der Waals surface area contributed by atoms with Crippen molar-refractivity contribution in [1.82, 2.24) is 0 Å². The number of hydrogen-bond acceptors (Lipinski definition) is 3. The van der Waals surface area contributed by atoms with Gasteiger partial charge < -0.3 is 15.3 Å². The number of allylic oxidation sites excluding steroid dienone is 4. The SMILES string of the molecule is [2H]C([2H])([2H])C(O)(CCC[C@@](C)(CC#CC(O)(C(F)(F)F)C(F)(F)F)[C@H]1CCC2/C(=C/C=C3/C[C@@H](O)C[C@H](F)C3=C)CCC[C@@]21C)C([2H])([2H])[2H]. The molecule has 10 heteroatoms. The molecule has 1 unspecified atom stereocenters. The first kappa shape index (κ1) is 27.5. The van der Waals surface area contributed by atoms with Crippen LogP contribution in [0.4, 0.5) is 30.7 Å². The molecule has 0 aromatic carbocycles. The lowest BCUT2D eigenvalue weighted by Crippen LogP contribution is -2.55. The van der Waals surface area contributed by atoms with Crippen molar-refractivity contribution >= 4 is 0 Å². The quantitative estimate of drug-likeness (QED) is 0.196. The van der Waals surface area contributed by atoms with E-state index in [1.165, 1.54) is 0 Å². The molecule has 0 saturated heterocycles. The van der Waals surface area contributed by atoms with Crippen molar-refractivity contribution in [3.05, 3.63) is 35.5 Å². The molecule has 0 radical (unpaired) electrons. The first-order valence-electron chi connectivity index (χ1n) is 17.5. The fraction of sp³-hybridized carbons (Fsp3) is 0.758. The highest BCUT2D eigenvalue weighted by Gasteiger charge is 2.70. The van der Waals surface area contributed by atoms with E-state index in [1.54, 1.807) is 13.0 Å². The normalized spacial score (nSPS) is 35.0. The van der Waals surface area contributed by atoms with Crippen LogP contribution in [0.1, 0.15) is 106 Å². The molecule has 3 saturated carbocycles. The van der Waals surface area contributed by atoms with Crippen LogP contribution in [0.25, 0.3) is 0 Å². The van der Waals surface area contributed by atoms with Gasteiger partial charge in [0.2, 0.25) is 0 Å². The number of alkyl halides is 7. The summed E-state index contributed by atoms with van der Waals surface area (Å²) in [6, 6.07) is 0. The van der Waals surface area contributed by atoms with Crippen LogP contribution in [-0.4, -0.2) is 51.1 Å². The third-order valence-corrected chi connectivity index (χ3v) is 9.90. The van der Waals surface area contributed by atoms with E-state index < -0.39 is 79.1 Å². The largest absolute Gasteiger partial charge is 0.438 e. The first-order valence-corrected chi connectivity index (χ1v) is 14.5. The Morgan fingerprint density at radius 2 is 1.72 bits per heavy atom. The number of rotatable bonds is 7. The summed E-state index contributed by atoms with van der Waals surface area (Å²) < 4.78 is 141. The van der Waals surface area contributed by atoms with E-state index in [4.69, 9.17) is 8.22 Å². The molecule has 0 amide bonds. The van der Waals surface area contributed by atoms with E-state index in [-0.39, 0.29) is 37.2 Å². The van der Waals surface area contributed by atoms with Gasteiger partial charge in [0.25, 0.3) is 0 Å².